The molecule has 6 nitrogen and oxygen atoms in total. The highest BCUT2D eigenvalue weighted by atomic mass is 19.1. The number of aromatic nitrogens is 2. The van der Waals surface area contributed by atoms with Gasteiger partial charge in [-0.1, -0.05) is 30.3 Å². The zero-order chi connectivity index (χ0) is 19.6. The van der Waals surface area contributed by atoms with E-state index in [1.54, 1.807) is 37.7 Å². The van der Waals surface area contributed by atoms with Crippen molar-refractivity contribution >= 4 is 17.3 Å². The first-order valence-electron chi connectivity index (χ1n) is 8.56. The fourth-order valence-electron chi connectivity index (χ4n) is 2.82. The minimum absolute atomic E-state index is 0.0997. The summed E-state index contributed by atoms with van der Waals surface area (Å²) in [5.41, 5.74) is 1.59. The van der Waals surface area contributed by atoms with E-state index in [0.717, 1.165) is 5.69 Å². The van der Waals surface area contributed by atoms with Gasteiger partial charge in [0.15, 0.2) is 0 Å². The average molecular weight is 368 g/mol. The van der Waals surface area contributed by atoms with Crippen molar-refractivity contribution in [1.29, 1.82) is 0 Å². The van der Waals surface area contributed by atoms with Crippen LogP contribution >= 0.6 is 0 Å². The monoisotopic (exact) mass is 368 g/mol. The standard InChI is InChI=1S/C20H21FN4O2/c1-13(19(26)23-17-12-8-7-11-16(17)21)22-18-14(2)24(3)25(20(18)27)15-9-5-4-6-10-15/h4-13,22H,1-3H3,(H,23,26). The quantitative estimate of drug-likeness (QED) is 0.727. The number of amides is 1. The van der Waals surface area contributed by atoms with Gasteiger partial charge >= 0.3 is 0 Å². The third-order valence-corrected chi connectivity index (χ3v) is 4.44. The second kappa shape index (κ2) is 7.49. The second-order valence-corrected chi connectivity index (χ2v) is 6.27. The third-order valence-electron chi connectivity index (χ3n) is 4.44. The molecule has 0 bridgehead atoms. The highest BCUT2D eigenvalue weighted by molar-refractivity contribution is 5.96. The number of halogens is 1. The SMILES string of the molecule is Cc1c(NC(C)C(=O)Nc2ccccc2F)c(=O)n(-c2ccccc2)n1C. The van der Waals surface area contributed by atoms with Gasteiger partial charge in [0.05, 0.1) is 17.1 Å². The van der Waals surface area contributed by atoms with E-state index in [2.05, 4.69) is 10.6 Å². The summed E-state index contributed by atoms with van der Waals surface area (Å²) in [6.45, 7) is 3.42. The van der Waals surface area contributed by atoms with Crippen LogP contribution in [-0.2, 0) is 11.8 Å². The van der Waals surface area contributed by atoms with Crippen molar-refractivity contribution < 1.29 is 9.18 Å². The van der Waals surface area contributed by atoms with E-state index in [1.807, 2.05) is 30.3 Å². The Balaban J connectivity index is 1.84. The summed E-state index contributed by atoms with van der Waals surface area (Å²) in [4.78, 5) is 25.3. The Hall–Kier alpha value is -3.35. The Labute approximate surface area is 156 Å². The van der Waals surface area contributed by atoms with Gasteiger partial charge in [-0.25, -0.2) is 9.07 Å². The van der Waals surface area contributed by atoms with E-state index in [9.17, 15) is 14.0 Å². The van der Waals surface area contributed by atoms with Gasteiger partial charge < -0.3 is 10.6 Å². The molecule has 3 aromatic rings. The number of carbonyl (C=O) groups is 1. The van der Waals surface area contributed by atoms with Gasteiger partial charge in [0.25, 0.3) is 5.56 Å². The van der Waals surface area contributed by atoms with Crippen LogP contribution in [0.1, 0.15) is 12.6 Å². The van der Waals surface area contributed by atoms with Crippen LogP contribution in [0.4, 0.5) is 15.8 Å². The molecule has 3 rings (SSSR count). The van der Waals surface area contributed by atoms with E-state index in [1.165, 1.54) is 16.8 Å². The van der Waals surface area contributed by atoms with Crippen LogP contribution in [0.5, 0.6) is 0 Å². The Kier molecular flexibility index (Phi) is 5.12. The molecule has 0 fully saturated rings. The first-order valence-corrected chi connectivity index (χ1v) is 8.56. The van der Waals surface area contributed by atoms with E-state index in [4.69, 9.17) is 0 Å². The van der Waals surface area contributed by atoms with E-state index in [0.29, 0.717) is 11.4 Å². The van der Waals surface area contributed by atoms with Crippen LogP contribution in [0.15, 0.2) is 59.4 Å². The number of rotatable bonds is 5. The molecule has 0 aliphatic heterocycles. The van der Waals surface area contributed by atoms with Crippen LogP contribution in [0, 0.1) is 12.7 Å². The Morgan fingerprint density at radius 1 is 1.07 bits per heavy atom. The van der Waals surface area contributed by atoms with Crippen LogP contribution in [0.3, 0.4) is 0 Å². The molecule has 0 aliphatic carbocycles. The van der Waals surface area contributed by atoms with Crippen molar-refractivity contribution in [2.75, 3.05) is 10.6 Å². The number of hydrogen-bond acceptors (Lipinski definition) is 3. The zero-order valence-corrected chi connectivity index (χ0v) is 15.4. The number of anilines is 2. The summed E-state index contributed by atoms with van der Waals surface area (Å²) in [5.74, 6) is -0.950. The molecule has 0 aliphatic rings. The molecule has 2 aromatic carbocycles. The Bertz CT molecular complexity index is 1020. The van der Waals surface area contributed by atoms with Gasteiger partial charge in [0.2, 0.25) is 5.91 Å². The predicted molar refractivity (Wildman–Crippen MR) is 104 cm³/mol. The van der Waals surface area contributed by atoms with Crippen molar-refractivity contribution in [3.8, 4) is 5.69 Å². The highest BCUT2D eigenvalue weighted by Crippen LogP contribution is 2.16. The van der Waals surface area contributed by atoms with Gasteiger partial charge in [0, 0.05) is 7.05 Å². The molecule has 140 valence electrons. The molecule has 1 aromatic heterocycles. The van der Waals surface area contributed by atoms with Crippen molar-refractivity contribution in [3.63, 3.8) is 0 Å². The molecule has 0 spiro atoms. The predicted octanol–water partition coefficient (Wildman–Crippen LogP) is 3.06. The van der Waals surface area contributed by atoms with Gasteiger partial charge in [-0.2, -0.15) is 0 Å². The maximum Gasteiger partial charge on any atom is 0.295 e. The highest BCUT2D eigenvalue weighted by Gasteiger charge is 2.21. The Morgan fingerprint density at radius 3 is 2.37 bits per heavy atom. The smallest absolute Gasteiger partial charge is 0.295 e. The maximum absolute atomic E-state index is 13.7. The third kappa shape index (κ3) is 3.62. The minimum atomic E-state index is -0.734. The van der Waals surface area contributed by atoms with Gasteiger partial charge in [0.1, 0.15) is 17.5 Å². The number of nitrogens with zero attached hydrogens (tertiary/aromatic N) is 2. The lowest BCUT2D eigenvalue weighted by atomic mass is 10.2. The van der Waals surface area contributed by atoms with Crippen molar-refractivity contribution in [3.05, 3.63) is 76.5 Å². The summed E-state index contributed by atoms with van der Waals surface area (Å²) in [6, 6.07) is 14.4. The molecule has 0 saturated carbocycles. The lowest BCUT2D eigenvalue weighted by Crippen LogP contribution is -2.34. The van der Waals surface area contributed by atoms with Crippen LogP contribution < -0.4 is 16.2 Å². The number of carbonyl (C=O) groups excluding carboxylic acids is 1. The first-order chi connectivity index (χ1) is 12.9. The molecule has 0 radical (unpaired) electrons. The van der Waals surface area contributed by atoms with Gasteiger partial charge in [-0.05, 0) is 38.1 Å². The van der Waals surface area contributed by atoms with Crippen molar-refractivity contribution in [1.82, 2.24) is 9.36 Å². The van der Waals surface area contributed by atoms with E-state index >= 15 is 0 Å². The molecule has 7 heteroatoms. The molecule has 27 heavy (non-hydrogen) atoms. The fraction of sp³-hybridized carbons (Fsp3) is 0.200. The molecule has 2 N–H and O–H groups in total. The largest absolute Gasteiger partial charge is 0.368 e. The van der Waals surface area contributed by atoms with E-state index < -0.39 is 17.8 Å². The summed E-state index contributed by atoms with van der Waals surface area (Å²) >= 11 is 0. The lowest BCUT2D eigenvalue weighted by molar-refractivity contribution is -0.116. The average Bonchev–Trinajstić information content (AvgIpc) is 2.87. The molecule has 1 amide bonds. The van der Waals surface area contributed by atoms with Gasteiger partial charge in [-0.3, -0.25) is 14.3 Å². The number of benzene rings is 2. The maximum atomic E-state index is 13.7. The number of nitrogens with one attached hydrogen (secondary N) is 2. The van der Waals surface area contributed by atoms with Crippen LogP contribution in [0.2, 0.25) is 0 Å². The Morgan fingerprint density at radius 2 is 1.70 bits per heavy atom. The first kappa shape index (κ1) is 18.4. The van der Waals surface area contributed by atoms with Crippen molar-refractivity contribution in [2.24, 2.45) is 7.05 Å². The van der Waals surface area contributed by atoms with Crippen LogP contribution in [-0.4, -0.2) is 21.3 Å². The minimum Gasteiger partial charge on any atom is -0.368 e. The second-order valence-electron chi connectivity index (χ2n) is 6.27. The normalized spacial score (nSPS) is 11.9. The molecule has 1 atom stereocenters. The van der Waals surface area contributed by atoms with Crippen LogP contribution in [0.25, 0.3) is 5.69 Å². The molecular formula is C20H21FN4O2. The molecule has 1 heterocycles. The lowest BCUT2D eigenvalue weighted by Gasteiger charge is -2.14. The van der Waals surface area contributed by atoms with Gasteiger partial charge in [-0.15, -0.1) is 0 Å². The van der Waals surface area contributed by atoms with E-state index in [-0.39, 0.29) is 11.2 Å². The molecule has 1 unspecified atom stereocenters. The summed E-state index contributed by atoms with van der Waals surface area (Å²) in [6.07, 6.45) is 0. The topological polar surface area (TPSA) is 68.1 Å². The summed E-state index contributed by atoms with van der Waals surface area (Å²) in [5, 5.41) is 5.49. The summed E-state index contributed by atoms with van der Waals surface area (Å²) < 4.78 is 17.0. The number of hydrogen-bond donors (Lipinski definition) is 2. The molecular weight excluding hydrogens is 347 g/mol. The summed E-state index contributed by atoms with van der Waals surface area (Å²) in [7, 11) is 1.78. The number of para-hydroxylation sites is 2. The zero-order valence-electron chi connectivity index (χ0n) is 15.4. The molecule has 0 saturated heterocycles. The van der Waals surface area contributed by atoms with Crippen molar-refractivity contribution in [2.45, 2.75) is 19.9 Å². The fourth-order valence-corrected chi connectivity index (χ4v) is 2.82.